The van der Waals surface area contributed by atoms with Gasteiger partial charge in [-0.2, -0.15) is 21.6 Å². The SMILES string of the molecule is O=C1c2c(ccc3ncsc23)CCN1Cc1ccc(NS(=O)(=O)C(F)(F)F)cc1. The summed E-state index contributed by atoms with van der Waals surface area (Å²) in [5.74, 6) is -0.122. The molecule has 0 atom stereocenters. The van der Waals surface area contributed by atoms with E-state index in [1.54, 1.807) is 10.4 Å². The fourth-order valence-corrected chi connectivity index (χ4v) is 4.60. The van der Waals surface area contributed by atoms with E-state index in [-0.39, 0.29) is 18.1 Å². The maximum absolute atomic E-state index is 13.0. The van der Waals surface area contributed by atoms with Crippen LogP contribution in [-0.2, 0) is 23.0 Å². The zero-order chi connectivity index (χ0) is 20.8. The average Bonchev–Trinajstić information content (AvgIpc) is 3.13. The van der Waals surface area contributed by atoms with Crippen LogP contribution in [0.15, 0.2) is 41.9 Å². The second-order valence-electron chi connectivity index (χ2n) is 6.53. The van der Waals surface area contributed by atoms with Crippen molar-refractivity contribution in [3.8, 4) is 0 Å². The Balaban J connectivity index is 1.52. The van der Waals surface area contributed by atoms with Crippen LogP contribution in [0.25, 0.3) is 10.2 Å². The smallest absolute Gasteiger partial charge is 0.334 e. The highest BCUT2D eigenvalue weighted by Gasteiger charge is 2.46. The lowest BCUT2D eigenvalue weighted by molar-refractivity contribution is -0.0429. The van der Waals surface area contributed by atoms with Crippen LogP contribution in [0.2, 0.25) is 0 Å². The van der Waals surface area contributed by atoms with E-state index in [1.807, 2.05) is 12.1 Å². The third-order valence-corrected chi connectivity index (χ3v) is 6.60. The van der Waals surface area contributed by atoms with Gasteiger partial charge in [0.1, 0.15) is 0 Å². The van der Waals surface area contributed by atoms with Gasteiger partial charge < -0.3 is 4.90 Å². The molecule has 1 aliphatic rings. The lowest BCUT2D eigenvalue weighted by Gasteiger charge is -2.29. The number of thiazole rings is 1. The van der Waals surface area contributed by atoms with Crippen molar-refractivity contribution in [2.75, 3.05) is 11.3 Å². The number of halogens is 3. The van der Waals surface area contributed by atoms with Crippen LogP contribution in [0.4, 0.5) is 18.9 Å². The van der Waals surface area contributed by atoms with Crippen molar-refractivity contribution in [1.82, 2.24) is 9.88 Å². The quantitative estimate of drug-likeness (QED) is 0.669. The first-order valence-electron chi connectivity index (χ1n) is 8.48. The minimum absolute atomic E-state index is 0.122. The third-order valence-electron chi connectivity index (χ3n) is 4.62. The summed E-state index contributed by atoms with van der Waals surface area (Å²) in [4.78, 5) is 18.9. The molecule has 0 bridgehead atoms. The monoisotopic (exact) mass is 441 g/mol. The van der Waals surface area contributed by atoms with Crippen molar-refractivity contribution in [2.45, 2.75) is 18.5 Å². The fraction of sp³-hybridized carbons (Fsp3) is 0.222. The van der Waals surface area contributed by atoms with Gasteiger partial charge in [-0.3, -0.25) is 9.52 Å². The van der Waals surface area contributed by atoms with Gasteiger partial charge in [-0.25, -0.2) is 4.98 Å². The van der Waals surface area contributed by atoms with Gasteiger partial charge >= 0.3 is 15.5 Å². The molecule has 0 saturated carbocycles. The van der Waals surface area contributed by atoms with Crippen LogP contribution in [0, 0.1) is 0 Å². The Morgan fingerprint density at radius 2 is 1.86 bits per heavy atom. The van der Waals surface area contributed by atoms with E-state index in [9.17, 15) is 26.4 Å². The molecule has 0 fully saturated rings. The maximum Gasteiger partial charge on any atom is 0.516 e. The van der Waals surface area contributed by atoms with Gasteiger partial charge in [-0.15, -0.1) is 11.3 Å². The summed E-state index contributed by atoms with van der Waals surface area (Å²) in [6.45, 7) is 0.776. The standard InChI is InChI=1S/C18H14F3N3O3S2/c19-18(20,21)29(26,27)23-13-4-1-11(2-5-13)9-24-8-7-12-3-6-14-16(28-10-22-14)15(12)17(24)25/h1-6,10,23H,7-9H2. The van der Waals surface area contributed by atoms with E-state index >= 15 is 0 Å². The van der Waals surface area contributed by atoms with E-state index < -0.39 is 15.5 Å². The van der Waals surface area contributed by atoms with Crippen molar-refractivity contribution in [2.24, 2.45) is 0 Å². The van der Waals surface area contributed by atoms with Gasteiger partial charge in [0.05, 0.1) is 21.3 Å². The van der Waals surface area contributed by atoms with Crippen molar-refractivity contribution >= 4 is 43.2 Å². The summed E-state index contributed by atoms with van der Waals surface area (Å²) < 4.78 is 62.1. The van der Waals surface area contributed by atoms with Crippen LogP contribution in [-0.4, -0.2) is 36.3 Å². The van der Waals surface area contributed by atoms with Gasteiger partial charge in [-0.05, 0) is 35.7 Å². The largest absolute Gasteiger partial charge is 0.516 e. The lowest BCUT2D eigenvalue weighted by atomic mass is 9.98. The molecule has 152 valence electrons. The van der Waals surface area contributed by atoms with Crippen molar-refractivity contribution in [3.05, 3.63) is 58.6 Å². The van der Waals surface area contributed by atoms with Crippen LogP contribution >= 0.6 is 11.3 Å². The molecule has 0 spiro atoms. The number of anilines is 1. The molecule has 2 heterocycles. The molecule has 0 unspecified atom stereocenters. The normalized spacial score (nSPS) is 14.9. The number of amides is 1. The fourth-order valence-electron chi connectivity index (χ4n) is 3.19. The highest BCUT2D eigenvalue weighted by molar-refractivity contribution is 7.93. The summed E-state index contributed by atoms with van der Waals surface area (Å²) in [5, 5.41) is 0. The number of hydrogen-bond acceptors (Lipinski definition) is 5. The molecule has 1 aliphatic heterocycles. The number of aromatic nitrogens is 1. The molecule has 2 aromatic carbocycles. The number of hydrogen-bond donors (Lipinski definition) is 1. The number of benzene rings is 2. The van der Waals surface area contributed by atoms with Gasteiger partial charge in [0.2, 0.25) is 0 Å². The molecular formula is C18H14F3N3O3S2. The average molecular weight is 441 g/mol. The Morgan fingerprint density at radius 1 is 1.14 bits per heavy atom. The van der Waals surface area contributed by atoms with E-state index in [4.69, 9.17) is 0 Å². The molecule has 0 saturated heterocycles. The topological polar surface area (TPSA) is 79.4 Å². The van der Waals surface area contributed by atoms with E-state index in [0.29, 0.717) is 24.1 Å². The maximum atomic E-state index is 13.0. The van der Waals surface area contributed by atoms with Crippen molar-refractivity contribution in [3.63, 3.8) is 0 Å². The second kappa shape index (κ2) is 6.99. The molecule has 0 aliphatic carbocycles. The Bertz CT molecular complexity index is 1190. The molecule has 1 amide bonds. The Hall–Kier alpha value is -2.66. The predicted octanol–water partition coefficient (Wildman–Crippen LogP) is 3.76. The Morgan fingerprint density at radius 3 is 2.55 bits per heavy atom. The highest BCUT2D eigenvalue weighted by Crippen LogP contribution is 2.31. The molecule has 1 N–H and O–H groups in total. The lowest BCUT2D eigenvalue weighted by Crippen LogP contribution is -2.37. The van der Waals surface area contributed by atoms with Crippen LogP contribution in [0.3, 0.4) is 0 Å². The number of carbonyl (C=O) groups excluding carboxylic acids is 1. The molecule has 1 aromatic heterocycles. The Kier molecular flexibility index (Phi) is 4.74. The molecule has 29 heavy (non-hydrogen) atoms. The number of alkyl halides is 3. The first-order valence-corrected chi connectivity index (χ1v) is 10.8. The van der Waals surface area contributed by atoms with E-state index in [0.717, 1.165) is 15.8 Å². The molecule has 11 heteroatoms. The van der Waals surface area contributed by atoms with E-state index in [1.165, 1.54) is 40.3 Å². The van der Waals surface area contributed by atoms with Gasteiger partial charge in [-0.1, -0.05) is 18.2 Å². The second-order valence-corrected chi connectivity index (χ2v) is 9.05. The highest BCUT2D eigenvalue weighted by atomic mass is 32.2. The van der Waals surface area contributed by atoms with Crippen LogP contribution in [0.1, 0.15) is 21.5 Å². The first-order chi connectivity index (χ1) is 13.7. The molecule has 0 radical (unpaired) electrons. The van der Waals surface area contributed by atoms with Crippen molar-refractivity contribution in [1.29, 1.82) is 0 Å². The Labute approximate surface area is 168 Å². The van der Waals surface area contributed by atoms with Gasteiger partial charge in [0, 0.05) is 18.8 Å². The first kappa shape index (κ1) is 19.6. The number of nitrogens with one attached hydrogen (secondary N) is 1. The summed E-state index contributed by atoms with van der Waals surface area (Å²) in [6.07, 6.45) is 0.693. The zero-order valence-electron chi connectivity index (χ0n) is 14.7. The van der Waals surface area contributed by atoms with Crippen LogP contribution in [0.5, 0.6) is 0 Å². The molecule has 6 nitrogen and oxygen atoms in total. The third kappa shape index (κ3) is 3.67. The molecule has 4 rings (SSSR count). The minimum Gasteiger partial charge on any atom is -0.334 e. The van der Waals surface area contributed by atoms with Gasteiger partial charge in [0.25, 0.3) is 5.91 Å². The van der Waals surface area contributed by atoms with Crippen molar-refractivity contribution < 1.29 is 26.4 Å². The summed E-state index contributed by atoms with van der Waals surface area (Å²) in [5.41, 5.74) is -0.837. The number of carbonyl (C=O) groups is 1. The number of sulfonamides is 1. The number of nitrogens with zero attached hydrogens (tertiary/aromatic N) is 2. The number of rotatable bonds is 4. The molecule has 3 aromatic rings. The minimum atomic E-state index is -5.47. The van der Waals surface area contributed by atoms with E-state index in [2.05, 4.69) is 4.98 Å². The summed E-state index contributed by atoms with van der Waals surface area (Å²) in [6, 6.07) is 9.27. The van der Waals surface area contributed by atoms with Crippen LogP contribution < -0.4 is 4.72 Å². The zero-order valence-corrected chi connectivity index (χ0v) is 16.4. The molecular weight excluding hydrogens is 427 g/mol. The number of fused-ring (bicyclic) bond motifs is 3. The van der Waals surface area contributed by atoms with Gasteiger partial charge in [0.15, 0.2) is 0 Å². The predicted molar refractivity (Wildman–Crippen MR) is 103 cm³/mol. The summed E-state index contributed by atoms with van der Waals surface area (Å²) in [7, 11) is -5.47. The summed E-state index contributed by atoms with van der Waals surface area (Å²) >= 11 is 1.41.